The van der Waals surface area contributed by atoms with Crippen molar-refractivity contribution in [3.05, 3.63) is 0 Å². The van der Waals surface area contributed by atoms with E-state index in [-0.39, 0.29) is 24.8 Å². The van der Waals surface area contributed by atoms with E-state index in [2.05, 4.69) is 40.7 Å². The molecule has 0 atom stereocenters. The largest absolute Gasteiger partial charge is 1.00 e. The summed E-state index contributed by atoms with van der Waals surface area (Å²) in [6, 6.07) is 0. The predicted molar refractivity (Wildman–Crippen MR) is 227 cm³/mol. The van der Waals surface area contributed by atoms with Crippen LogP contribution in [0.4, 0.5) is 0 Å². The molecule has 51 heavy (non-hydrogen) atoms. The number of unbranched alkanes of at least 4 members (excludes halogenated alkanes) is 38. The summed E-state index contributed by atoms with van der Waals surface area (Å²) in [5.41, 5.74) is 3.90. The van der Waals surface area contributed by atoms with Gasteiger partial charge in [-0.3, -0.25) is 0 Å². The first kappa shape index (κ1) is 58.2. The van der Waals surface area contributed by atoms with E-state index in [0.717, 1.165) is 11.0 Å². The molecule has 0 aromatic rings. The molecule has 0 aromatic carbocycles. The van der Waals surface area contributed by atoms with E-state index in [1.54, 1.807) is 0 Å². The zero-order valence-electron chi connectivity index (χ0n) is 36.6. The standard InChI is InChI=1S/C25H54N.C22H47N.2ClH/c1-5-6-7-8-9-10-11-12-13-14-15-16-17-18-19-20-21-22-23-24-25-26(2,3)4;1-2-3-4-5-6-7-8-9-10-11-12-13-14-15-16-17-18-19-20-21-22-23;;/h5-25H2,1-4H3;2-23H2,1H3;2*1H/q+1;;;/p-1. The molecule has 0 aliphatic rings. The fourth-order valence-corrected chi connectivity index (χ4v) is 7.27. The van der Waals surface area contributed by atoms with Gasteiger partial charge >= 0.3 is 0 Å². The van der Waals surface area contributed by atoms with Crippen molar-refractivity contribution in [3.63, 3.8) is 0 Å². The van der Waals surface area contributed by atoms with Crippen molar-refractivity contribution in [1.82, 2.24) is 0 Å². The van der Waals surface area contributed by atoms with Crippen LogP contribution in [0.25, 0.3) is 0 Å². The molecule has 0 rings (SSSR count). The zero-order valence-corrected chi connectivity index (χ0v) is 38.1. The Kier molecular flexibility index (Phi) is 60.0. The molecule has 0 radical (unpaired) electrons. The number of quaternary nitrogens is 2. The first-order chi connectivity index (χ1) is 24.0. The van der Waals surface area contributed by atoms with Crippen LogP contribution in [0.5, 0.6) is 0 Å². The van der Waals surface area contributed by atoms with E-state index < -0.39 is 0 Å². The number of nitrogens with zero attached hydrogens (tertiary/aromatic N) is 1. The van der Waals surface area contributed by atoms with Crippen molar-refractivity contribution >= 4 is 0 Å². The number of rotatable bonds is 41. The summed E-state index contributed by atoms with van der Waals surface area (Å²) in [6.07, 6.45) is 58.5. The van der Waals surface area contributed by atoms with Gasteiger partial charge in [0.1, 0.15) is 0 Å². The second-order valence-corrected chi connectivity index (χ2v) is 17.3. The average molecular weight is 766 g/mol. The fourth-order valence-electron chi connectivity index (χ4n) is 7.27. The Morgan fingerprint density at radius 1 is 0.255 bits per heavy atom. The predicted octanol–water partition coefficient (Wildman–Crippen LogP) is 9.57. The summed E-state index contributed by atoms with van der Waals surface area (Å²) in [5, 5.41) is 0. The molecule has 0 aliphatic heterocycles. The molecule has 0 spiro atoms. The third kappa shape index (κ3) is 62.8. The molecule has 314 valence electrons. The monoisotopic (exact) mass is 765 g/mol. The molecule has 0 fully saturated rings. The lowest BCUT2D eigenvalue weighted by Gasteiger charge is -2.23. The molecular weight excluding hydrogens is 663 g/mol. The molecule has 2 nitrogen and oxygen atoms in total. The minimum Gasteiger partial charge on any atom is -1.00 e. The highest BCUT2D eigenvalue weighted by Gasteiger charge is 2.05. The van der Waals surface area contributed by atoms with Gasteiger partial charge in [-0.25, -0.2) is 0 Å². The van der Waals surface area contributed by atoms with Crippen LogP contribution in [0.3, 0.4) is 0 Å². The van der Waals surface area contributed by atoms with Gasteiger partial charge < -0.3 is 35.0 Å². The van der Waals surface area contributed by atoms with Crippen LogP contribution in [0.1, 0.15) is 271 Å². The van der Waals surface area contributed by atoms with E-state index in [9.17, 15) is 0 Å². The van der Waals surface area contributed by atoms with Crippen molar-refractivity contribution in [2.45, 2.75) is 271 Å². The highest BCUT2D eigenvalue weighted by Crippen LogP contribution is 2.16. The SMILES string of the molecule is CCCCCCCCCCCCCCCCCCCCCC[N+](C)(C)C.CCCCCCCCCCCCCCCCCCCCCC[NH3+].[Cl-].[Cl-]. The van der Waals surface area contributed by atoms with Crippen LogP contribution >= 0.6 is 0 Å². The van der Waals surface area contributed by atoms with Crippen LogP contribution in [-0.2, 0) is 0 Å². The molecule has 0 unspecified atom stereocenters. The maximum atomic E-state index is 3.90. The smallest absolute Gasteiger partial charge is 0.0780 e. The third-order valence-electron chi connectivity index (χ3n) is 10.8. The molecular formula is C47H102Cl2N2. The van der Waals surface area contributed by atoms with Crippen LogP contribution in [0.2, 0.25) is 0 Å². The molecule has 0 saturated heterocycles. The second kappa shape index (κ2) is 52.6. The Morgan fingerprint density at radius 3 is 0.569 bits per heavy atom. The van der Waals surface area contributed by atoms with Gasteiger partial charge in [-0.2, -0.15) is 0 Å². The fraction of sp³-hybridized carbons (Fsp3) is 1.00. The molecule has 0 aromatic heterocycles. The summed E-state index contributed by atoms with van der Waals surface area (Å²) >= 11 is 0. The molecule has 4 heteroatoms. The van der Waals surface area contributed by atoms with Crippen molar-refractivity contribution in [2.24, 2.45) is 0 Å². The van der Waals surface area contributed by atoms with Gasteiger partial charge in [-0.15, -0.1) is 0 Å². The molecule has 0 saturated carbocycles. The van der Waals surface area contributed by atoms with E-state index in [4.69, 9.17) is 0 Å². The van der Waals surface area contributed by atoms with Gasteiger partial charge in [0, 0.05) is 0 Å². The quantitative estimate of drug-likeness (QED) is 0.0475. The van der Waals surface area contributed by atoms with Crippen molar-refractivity contribution in [2.75, 3.05) is 34.2 Å². The maximum absolute atomic E-state index is 3.90. The second-order valence-electron chi connectivity index (χ2n) is 17.3. The minimum absolute atomic E-state index is 0. The highest BCUT2D eigenvalue weighted by molar-refractivity contribution is 4.52. The topological polar surface area (TPSA) is 27.6 Å². The van der Waals surface area contributed by atoms with Crippen molar-refractivity contribution in [3.8, 4) is 0 Å². The van der Waals surface area contributed by atoms with Gasteiger partial charge in [0.25, 0.3) is 0 Å². The average Bonchev–Trinajstić information content (AvgIpc) is 3.08. The Morgan fingerprint density at radius 2 is 0.412 bits per heavy atom. The summed E-state index contributed by atoms with van der Waals surface area (Å²) in [6.45, 7) is 7.06. The van der Waals surface area contributed by atoms with Gasteiger partial charge in [0.15, 0.2) is 0 Å². The Balaban J connectivity index is -0.000000420. The van der Waals surface area contributed by atoms with Gasteiger partial charge in [-0.1, -0.05) is 245 Å². The molecule has 0 amide bonds. The zero-order chi connectivity index (χ0) is 36.2. The minimum atomic E-state index is 0. The molecule has 0 aliphatic carbocycles. The summed E-state index contributed by atoms with van der Waals surface area (Å²) in [7, 11) is 6.90. The lowest BCUT2D eigenvalue weighted by molar-refractivity contribution is -0.870. The third-order valence-corrected chi connectivity index (χ3v) is 10.8. The lowest BCUT2D eigenvalue weighted by Crippen LogP contribution is -3.00. The summed E-state index contributed by atoms with van der Waals surface area (Å²) in [5.74, 6) is 0. The molecule has 0 bridgehead atoms. The van der Waals surface area contributed by atoms with E-state index in [1.165, 1.54) is 263 Å². The van der Waals surface area contributed by atoms with Gasteiger partial charge in [-0.05, 0) is 25.7 Å². The van der Waals surface area contributed by atoms with Crippen LogP contribution in [-0.4, -0.2) is 38.7 Å². The number of halogens is 2. The lowest BCUT2D eigenvalue weighted by atomic mass is 10.0. The van der Waals surface area contributed by atoms with Crippen LogP contribution in [0.15, 0.2) is 0 Å². The van der Waals surface area contributed by atoms with Crippen molar-refractivity contribution in [1.29, 1.82) is 0 Å². The normalized spacial score (nSPS) is 11.2. The summed E-state index contributed by atoms with van der Waals surface area (Å²) < 4.78 is 1.12. The number of hydrogen-bond acceptors (Lipinski definition) is 0. The number of hydrogen-bond donors (Lipinski definition) is 1. The Hall–Kier alpha value is 0.500. The van der Waals surface area contributed by atoms with Crippen molar-refractivity contribution < 1.29 is 35.0 Å². The molecule has 0 heterocycles. The van der Waals surface area contributed by atoms with Gasteiger partial charge in [0.05, 0.1) is 34.2 Å². The summed E-state index contributed by atoms with van der Waals surface area (Å²) in [4.78, 5) is 0. The first-order valence-electron chi connectivity index (χ1n) is 23.6. The van der Waals surface area contributed by atoms with E-state index in [0.29, 0.717) is 0 Å². The van der Waals surface area contributed by atoms with Gasteiger partial charge in [0.2, 0.25) is 0 Å². The van der Waals surface area contributed by atoms with E-state index >= 15 is 0 Å². The van der Waals surface area contributed by atoms with Crippen LogP contribution in [0, 0.1) is 0 Å². The van der Waals surface area contributed by atoms with E-state index in [1.807, 2.05) is 0 Å². The molecule has 3 N–H and O–H groups in total. The van der Waals surface area contributed by atoms with Crippen LogP contribution < -0.4 is 30.5 Å². The first-order valence-corrected chi connectivity index (χ1v) is 23.6. The maximum Gasteiger partial charge on any atom is 0.0780 e. The Bertz CT molecular complexity index is 531. The Labute approximate surface area is 338 Å². The highest BCUT2D eigenvalue weighted by atomic mass is 35.5.